The number of alkyl halides is 7. The Kier molecular flexibility index (Phi) is 4.03. The van der Waals surface area contributed by atoms with Crippen LogP contribution in [0, 0.1) is 0 Å². The zero-order valence-electron chi connectivity index (χ0n) is 7.89. The molecule has 0 saturated heterocycles. The van der Waals surface area contributed by atoms with Crippen molar-refractivity contribution in [2.75, 3.05) is 0 Å². The number of hydrogen-bond donors (Lipinski definition) is 0. The van der Waals surface area contributed by atoms with Crippen LogP contribution >= 0.6 is 27.5 Å². The van der Waals surface area contributed by atoms with E-state index in [0.29, 0.717) is 6.07 Å². The molecule has 0 amide bonds. The van der Waals surface area contributed by atoms with Gasteiger partial charge < -0.3 is 0 Å². The lowest BCUT2D eigenvalue weighted by Crippen LogP contribution is -2.18. The highest BCUT2D eigenvalue weighted by Crippen LogP contribution is 2.44. The lowest BCUT2D eigenvalue weighted by atomic mass is 10.0. The average Bonchev–Trinajstić information content (AvgIpc) is 2.13. The minimum absolute atomic E-state index is 0.331. The van der Waals surface area contributed by atoms with Crippen LogP contribution < -0.4 is 0 Å². The summed E-state index contributed by atoms with van der Waals surface area (Å²) in [6.07, 6.45) is -10.2. The van der Waals surface area contributed by atoms with E-state index in [4.69, 9.17) is 11.6 Å². The van der Waals surface area contributed by atoms with E-state index in [9.17, 15) is 26.3 Å². The predicted octanol–water partition coefficient (Wildman–Crippen LogP) is 5.27. The summed E-state index contributed by atoms with van der Waals surface area (Å²) in [7, 11) is 0. The van der Waals surface area contributed by atoms with Crippen molar-refractivity contribution in [3.8, 4) is 0 Å². The Labute approximate surface area is 106 Å². The first kappa shape index (κ1) is 14.6. The summed E-state index contributed by atoms with van der Waals surface area (Å²) in [5.74, 6) is 0. The van der Waals surface area contributed by atoms with Gasteiger partial charge in [-0.1, -0.05) is 27.5 Å². The molecule has 1 rings (SSSR count). The van der Waals surface area contributed by atoms with Crippen molar-refractivity contribution in [3.05, 3.63) is 33.8 Å². The van der Waals surface area contributed by atoms with Gasteiger partial charge in [0.15, 0.2) is 0 Å². The van der Waals surface area contributed by atoms with E-state index in [1.165, 1.54) is 0 Å². The van der Waals surface area contributed by atoms with E-state index in [0.717, 1.165) is 6.07 Å². The van der Waals surface area contributed by atoms with Crippen molar-refractivity contribution in [3.63, 3.8) is 0 Å². The molecule has 0 heterocycles. The normalized spacial score (nSPS) is 12.9. The number of rotatable bonds is 1. The maximum absolute atomic E-state index is 12.6. The van der Waals surface area contributed by atoms with Crippen molar-refractivity contribution in [1.82, 2.24) is 0 Å². The highest BCUT2D eigenvalue weighted by Gasteiger charge is 2.45. The highest BCUT2D eigenvalue weighted by atomic mass is 79.9. The lowest BCUT2D eigenvalue weighted by Gasteiger charge is -2.19. The van der Waals surface area contributed by atoms with Gasteiger partial charge in [-0.05, 0) is 17.7 Å². The Morgan fingerprint density at radius 1 is 1.00 bits per heavy atom. The van der Waals surface area contributed by atoms with Gasteiger partial charge in [-0.2, -0.15) is 26.3 Å². The first-order valence-electron chi connectivity index (χ1n) is 4.10. The molecular formula is C9H4BrClF6. The molecule has 96 valence electrons. The van der Waals surface area contributed by atoms with E-state index in [2.05, 4.69) is 15.9 Å². The van der Waals surface area contributed by atoms with Gasteiger partial charge in [0, 0.05) is 10.4 Å². The molecule has 8 heteroatoms. The zero-order chi connectivity index (χ0) is 13.4. The average molecular weight is 341 g/mol. The molecule has 0 aliphatic carbocycles. The summed E-state index contributed by atoms with van der Waals surface area (Å²) in [6.45, 7) is 0. The van der Waals surface area contributed by atoms with E-state index < -0.39 is 34.4 Å². The molecule has 0 spiro atoms. The summed E-state index contributed by atoms with van der Waals surface area (Å²) in [5.41, 5.74) is -4.09. The Bertz CT molecular complexity index is 423. The highest BCUT2D eigenvalue weighted by molar-refractivity contribution is 9.08. The summed E-state index contributed by atoms with van der Waals surface area (Å²) < 4.78 is 75.3. The molecule has 0 aromatic heterocycles. The number of hydrogen-bond acceptors (Lipinski definition) is 0. The van der Waals surface area contributed by atoms with Crippen molar-refractivity contribution in [2.24, 2.45) is 0 Å². The van der Waals surface area contributed by atoms with Crippen molar-refractivity contribution >= 4 is 27.5 Å². The molecule has 0 radical (unpaired) electrons. The second-order valence-electron chi connectivity index (χ2n) is 3.08. The molecule has 0 atom stereocenters. The molecular weight excluding hydrogens is 337 g/mol. The summed E-state index contributed by atoms with van der Waals surface area (Å²) in [5, 5.41) is -0.771. The molecule has 0 aliphatic rings. The van der Waals surface area contributed by atoms with Crippen LogP contribution in [0.15, 0.2) is 12.1 Å². The molecule has 17 heavy (non-hydrogen) atoms. The van der Waals surface area contributed by atoms with E-state index in [-0.39, 0.29) is 5.02 Å². The molecule has 0 N–H and O–H groups in total. The maximum Gasteiger partial charge on any atom is 0.417 e. The van der Waals surface area contributed by atoms with Crippen LogP contribution in [0.3, 0.4) is 0 Å². The largest absolute Gasteiger partial charge is 0.417 e. The number of benzene rings is 1. The maximum atomic E-state index is 12.6. The van der Waals surface area contributed by atoms with Crippen LogP contribution in [0.25, 0.3) is 0 Å². The Hall–Kier alpha value is -0.430. The van der Waals surface area contributed by atoms with Gasteiger partial charge in [-0.3, -0.25) is 0 Å². The monoisotopic (exact) mass is 340 g/mol. The minimum Gasteiger partial charge on any atom is -0.166 e. The molecule has 0 aliphatic heterocycles. The van der Waals surface area contributed by atoms with Gasteiger partial charge >= 0.3 is 12.4 Å². The topological polar surface area (TPSA) is 0 Å². The second kappa shape index (κ2) is 4.68. The van der Waals surface area contributed by atoms with Gasteiger partial charge in [-0.15, -0.1) is 0 Å². The zero-order valence-corrected chi connectivity index (χ0v) is 10.2. The second-order valence-corrected chi connectivity index (χ2v) is 4.05. The standard InChI is InChI=1S/C9H4BrClF6/c10-3-4-6(11)2-1-5(8(12,13)14)7(4)9(15,16)17/h1-2H,3H2. The van der Waals surface area contributed by atoms with Crippen molar-refractivity contribution in [1.29, 1.82) is 0 Å². The van der Waals surface area contributed by atoms with E-state index in [1.54, 1.807) is 0 Å². The number of halogens is 8. The SMILES string of the molecule is FC(F)(F)c1ccc(Cl)c(CBr)c1C(F)(F)F. The third kappa shape index (κ3) is 3.07. The molecule has 1 aromatic rings. The van der Waals surface area contributed by atoms with Crippen LogP contribution in [0.5, 0.6) is 0 Å². The van der Waals surface area contributed by atoms with Crippen LogP contribution in [-0.2, 0) is 17.7 Å². The quantitative estimate of drug-likeness (QED) is 0.482. The van der Waals surface area contributed by atoms with Crippen LogP contribution in [0.2, 0.25) is 5.02 Å². The van der Waals surface area contributed by atoms with Gasteiger partial charge in [0.25, 0.3) is 0 Å². The summed E-state index contributed by atoms with van der Waals surface area (Å²) in [4.78, 5) is 0. The third-order valence-corrected chi connectivity index (χ3v) is 2.89. The van der Waals surface area contributed by atoms with Gasteiger partial charge in [-0.25, -0.2) is 0 Å². The predicted molar refractivity (Wildman–Crippen MR) is 54.1 cm³/mol. The Balaban J connectivity index is 3.64. The summed E-state index contributed by atoms with van der Waals surface area (Å²) in [6, 6.07) is 1.13. The van der Waals surface area contributed by atoms with Crippen LogP contribution in [0.4, 0.5) is 26.3 Å². The first-order valence-corrected chi connectivity index (χ1v) is 5.60. The fourth-order valence-electron chi connectivity index (χ4n) is 1.31. The molecule has 1 aromatic carbocycles. The van der Waals surface area contributed by atoms with Crippen LogP contribution in [0.1, 0.15) is 16.7 Å². The van der Waals surface area contributed by atoms with Crippen LogP contribution in [-0.4, -0.2) is 0 Å². The summed E-state index contributed by atoms with van der Waals surface area (Å²) >= 11 is 8.16. The Morgan fingerprint density at radius 3 is 1.88 bits per heavy atom. The minimum atomic E-state index is -5.11. The smallest absolute Gasteiger partial charge is 0.166 e. The fourth-order valence-corrected chi connectivity index (χ4v) is 2.28. The van der Waals surface area contributed by atoms with E-state index in [1.807, 2.05) is 0 Å². The molecule has 0 nitrogen and oxygen atoms in total. The fraction of sp³-hybridized carbons (Fsp3) is 0.333. The molecule has 0 saturated carbocycles. The van der Waals surface area contributed by atoms with Crippen molar-refractivity contribution in [2.45, 2.75) is 17.7 Å². The third-order valence-electron chi connectivity index (χ3n) is 1.98. The van der Waals surface area contributed by atoms with Gasteiger partial charge in [0.2, 0.25) is 0 Å². The molecule has 0 unspecified atom stereocenters. The Morgan fingerprint density at radius 2 is 1.53 bits per heavy atom. The molecule has 0 fully saturated rings. The van der Waals surface area contributed by atoms with Gasteiger partial charge in [0.05, 0.1) is 11.1 Å². The first-order chi connectivity index (χ1) is 7.59. The molecule has 0 bridgehead atoms. The lowest BCUT2D eigenvalue weighted by molar-refractivity contribution is -0.162. The van der Waals surface area contributed by atoms with Crippen molar-refractivity contribution < 1.29 is 26.3 Å². The van der Waals surface area contributed by atoms with E-state index >= 15 is 0 Å². The van der Waals surface area contributed by atoms with Gasteiger partial charge in [0.1, 0.15) is 0 Å².